The first-order valence-electron chi connectivity index (χ1n) is 10.5. The lowest BCUT2D eigenvalue weighted by atomic mass is 10.1. The van der Waals surface area contributed by atoms with Crippen molar-refractivity contribution in [1.82, 2.24) is 4.90 Å². The normalized spacial score (nSPS) is 15.7. The summed E-state index contributed by atoms with van der Waals surface area (Å²) >= 11 is 0. The summed E-state index contributed by atoms with van der Waals surface area (Å²) in [5, 5.41) is 14.3. The van der Waals surface area contributed by atoms with Gasteiger partial charge in [-0.2, -0.15) is 13.2 Å². The summed E-state index contributed by atoms with van der Waals surface area (Å²) < 4.78 is 44.4. The van der Waals surface area contributed by atoms with Gasteiger partial charge < -0.3 is 15.0 Å². The number of halogens is 3. The fourth-order valence-electron chi connectivity index (χ4n) is 3.72. The van der Waals surface area contributed by atoms with Gasteiger partial charge in [0.2, 0.25) is 5.91 Å². The number of benzene rings is 2. The van der Waals surface area contributed by atoms with Gasteiger partial charge in [0.15, 0.2) is 0 Å². The summed E-state index contributed by atoms with van der Waals surface area (Å²) in [6, 6.07) is 9.18. The van der Waals surface area contributed by atoms with Crippen LogP contribution in [0.3, 0.4) is 0 Å². The second-order valence-corrected chi connectivity index (χ2v) is 7.58. The first-order valence-corrected chi connectivity index (χ1v) is 10.5. The first-order chi connectivity index (χ1) is 15.6. The number of nitrogens with zero attached hydrogens (tertiary/aromatic N) is 3. The molecule has 11 heteroatoms. The van der Waals surface area contributed by atoms with Crippen LogP contribution < -0.4 is 15.0 Å². The molecule has 0 saturated carbocycles. The highest BCUT2D eigenvalue weighted by Gasteiger charge is 2.35. The van der Waals surface area contributed by atoms with Gasteiger partial charge in [-0.15, -0.1) is 0 Å². The van der Waals surface area contributed by atoms with Gasteiger partial charge in [0.05, 0.1) is 28.8 Å². The topological polar surface area (TPSA) is 88.0 Å². The molecule has 0 aliphatic carbocycles. The van der Waals surface area contributed by atoms with Crippen LogP contribution in [0.25, 0.3) is 0 Å². The highest BCUT2D eigenvalue weighted by Crippen LogP contribution is 2.37. The Labute approximate surface area is 189 Å². The number of hydrogen-bond donors (Lipinski definition) is 1. The molecule has 1 aliphatic rings. The number of para-hydroxylation sites is 2. The summed E-state index contributed by atoms with van der Waals surface area (Å²) in [5.41, 5.74) is -0.948. The number of carbonyl (C=O) groups is 1. The molecule has 3 rings (SSSR count). The lowest BCUT2D eigenvalue weighted by Crippen LogP contribution is -2.53. The molecule has 0 bridgehead atoms. The average molecular weight is 466 g/mol. The van der Waals surface area contributed by atoms with E-state index in [2.05, 4.69) is 5.32 Å². The molecule has 0 radical (unpaired) electrons. The summed E-state index contributed by atoms with van der Waals surface area (Å²) in [5.74, 6) is 0.344. The molecular formula is C22H25F3N4O4. The van der Waals surface area contributed by atoms with E-state index in [0.29, 0.717) is 50.3 Å². The Balaban J connectivity index is 1.66. The summed E-state index contributed by atoms with van der Waals surface area (Å²) in [7, 11) is 0. The highest BCUT2D eigenvalue weighted by molar-refractivity contribution is 5.95. The zero-order chi connectivity index (χ0) is 24.2. The van der Waals surface area contributed by atoms with Crippen molar-refractivity contribution in [1.29, 1.82) is 0 Å². The Kier molecular flexibility index (Phi) is 7.42. The van der Waals surface area contributed by atoms with Crippen molar-refractivity contribution in [3.63, 3.8) is 0 Å². The third kappa shape index (κ3) is 5.72. The van der Waals surface area contributed by atoms with Gasteiger partial charge in [0.25, 0.3) is 5.69 Å². The molecule has 0 aromatic heterocycles. The van der Waals surface area contributed by atoms with Gasteiger partial charge in [-0.3, -0.25) is 19.8 Å². The van der Waals surface area contributed by atoms with E-state index in [0.717, 1.165) is 12.1 Å². The predicted molar refractivity (Wildman–Crippen MR) is 118 cm³/mol. The van der Waals surface area contributed by atoms with E-state index in [9.17, 15) is 28.1 Å². The Morgan fingerprint density at radius 3 is 2.45 bits per heavy atom. The van der Waals surface area contributed by atoms with Gasteiger partial charge in [-0.1, -0.05) is 12.1 Å². The quantitative estimate of drug-likeness (QED) is 0.487. The molecule has 178 valence electrons. The monoisotopic (exact) mass is 466 g/mol. The zero-order valence-corrected chi connectivity index (χ0v) is 18.3. The number of anilines is 2. The molecule has 0 spiro atoms. The maximum Gasteiger partial charge on any atom is 0.416 e. The first kappa shape index (κ1) is 24.3. The van der Waals surface area contributed by atoms with E-state index < -0.39 is 28.4 Å². The number of hydrogen-bond acceptors (Lipinski definition) is 6. The van der Waals surface area contributed by atoms with Crippen LogP contribution in [0.5, 0.6) is 5.75 Å². The van der Waals surface area contributed by atoms with Crippen molar-refractivity contribution >= 4 is 23.0 Å². The molecule has 33 heavy (non-hydrogen) atoms. The third-order valence-electron chi connectivity index (χ3n) is 5.53. The predicted octanol–water partition coefficient (Wildman–Crippen LogP) is 4.16. The van der Waals surface area contributed by atoms with E-state index in [-0.39, 0.29) is 11.6 Å². The number of nitrogens with one attached hydrogen (secondary N) is 1. The minimum Gasteiger partial charge on any atom is -0.492 e. The number of rotatable bonds is 7. The number of carbonyl (C=O) groups excluding carboxylic acids is 1. The SMILES string of the molecule is CCOc1ccccc1NC(=O)C(C)N1CCN(c2ccc(C(F)(F)F)cc2[N+](=O)[O-])CC1. The molecule has 2 aromatic rings. The van der Waals surface area contributed by atoms with Crippen molar-refractivity contribution in [3.8, 4) is 5.75 Å². The number of amides is 1. The number of ether oxygens (including phenoxy) is 1. The fourth-order valence-corrected chi connectivity index (χ4v) is 3.72. The lowest BCUT2D eigenvalue weighted by Gasteiger charge is -2.38. The molecule has 1 N–H and O–H groups in total. The molecule has 1 heterocycles. The van der Waals surface area contributed by atoms with Gasteiger partial charge >= 0.3 is 6.18 Å². The molecule has 8 nitrogen and oxygen atoms in total. The number of nitro groups is 1. The van der Waals surface area contributed by atoms with E-state index in [4.69, 9.17) is 4.74 Å². The minimum absolute atomic E-state index is 0.135. The van der Waals surface area contributed by atoms with Gasteiger partial charge in [0.1, 0.15) is 11.4 Å². The van der Waals surface area contributed by atoms with Crippen LogP contribution in [-0.2, 0) is 11.0 Å². The van der Waals surface area contributed by atoms with Gasteiger partial charge in [-0.05, 0) is 38.1 Å². The Morgan fingerprint density at radius 1 is 1.18 bits per heavy atom. The fraction of sp³-hybridized carbons (Fsp3) is 0.409. The standard InChI is InChI=1S/C22H25F3N4O4/c1-3-33-20-7-5-4-6-17(20)26-21(30)15(2)27-10-12-28(13-11-27)18-9-8-16(22(23,24)25)14-19(18)29(31)32/h4-9,14-15H,3,10-13H2,1-2H3,(H,26,30). The lowest BCUT2D eigenvalue weighted by molar-refractivity contribution is -0.384. The van der Waals surface area contributed by atoms with Crippen LogP contribution in [0.15, 0.2) is 42.5 Å². The second kappa shape index (κ2) is 10.1. The van der Waals surface area contributed by atoms with Crippen LogP contribution >= 0.6 is 0 Å². The molecule has 1 fully saturated rings. The Bertz CT molecular complexity index is 1010. The molecule has 2 aromatic carbocycles. The number of nitro benzene ring substituents is 1. The summed E-state index contributed by atoms with van der Waals surface area (Å²) in [4.78, 5) is 27.0. The number of piperazine rings is 1. The number of alkyl halides is 3. The maximum atomic E-state index is 13.0. The van der Waals surface area contributed by atoms with Crippen LogP contribution in [0.4, 0.5) is 30.2 Å². The molecule has 1 saturated heterocycles. The molecule has 1 aliphatic heterocycles. The van der Waals surface area contributed by atoms with Crippen molar-refractivity contribution in [3.05, 3.63) is 58.1 Å². The second-order valence-electron chi connectivity index (χ2n) is 7.58. The van der Waals surface area contributed by atoms with E-state index >= 15 is 0 Å². The smallest absolute Gasteiger partial charge is 0.416 e. The third-order valence-corrected chi connectivity index (χ3v) is 5.53. The summed E-state index contributed by atoms with van der Waals surface area (Å²) in [6.07, 6.45) is -4.66. The minimum atomic E-state index is -4.66. The van der Waals surface area contributed by atoms with Crippen molar-refractivity contribution < 1.29 is 27.6 Å². The van der Waals surface area contributed by atoms with Crippen LogP contribution in [-0.4, -0.2) is 54.6 Å². The maximum absolute atomic E-state index is 13.0. The van der Waals surface area contributed by atoms with Crippen LogP contribution in [0.1, 0.15) is 19.4 Å². The molecular weight excluding hydrogens is 441 g/mol. The van der Waals surface area contributed by atoms with Crippen molar-refractivity contribution in [2.75, 3.05) is 43.0 Å². The van der Waals surface area contributed by atoms with Gasteiger partial charge in [-0.25, -0.2) is 0 Å². The van der Waals surface area contributed by atoms with E-state index in [1.807, 2.05) is 17.9 Å². The van der Waals surface area contributed by atoms with Crippen molar-refractivity contribution in [2.24, 2.45) is 0 Å². The van der Waals surface area contributed by atoms with Crippen molar-refractivity contribution in [2.45, 2.75) is 26.1 Å². The van der Waals surface area contributed by atoms with E-state index in [1.165, 1.54) is 0 Å². The van der Waals surface area contributed by atoms with Gasteiger partial charge in [0, 0.05) is 32.2 Å². The Morgan fingerprint density at radius 2 is 1.85 bits per heavy atom. The van der Waals surface area contributed by atoms with E-state index in [1.54, 1.807) is 30.0 Å². The largest absolute Gasteiger partial charge is 0.492 e. The molecule has 1 amide bonds. The summed E-state index contributed by atoms with van der Waals surface area (Å²) in [6.45, 7) is 5.56. The molecule has 1 atom stereocenters. The Hall–Kier alpha value is -3.34. The highest BCUT2D eigenvalue weighted by atomic mass is 19.4. The average Bonchev–Trinajstić information content (AvgIpc) is 2.79. The van der Waals surface area contributed by atoms with Crippen LogP contribution in [0.2, 0.25) is 0 Å². The zero-order valence-electron chi connectivity index (χ0n) is 18.3. The molecule has 1 unspecified atom stereocenters. The van der Waals surface area contributed by atoms with Crippen LogP contribution in [0, 0.1) is 10.1 Å².